The second-order valence-electron chi connectivity index (χ2n) is 6.11. The number of urea groups is 1. The van der Waals surface area contributed by atoms with Crippen LogP contribution < -0.4 is 10.6 Å². The Kier molecular flexibility index (Phi) is 7.05. The molecule has 1 aromatic rings. The van der Waals surface area contributed by atoms with E-state index in [-0.39, 0.29) is 11.9 Å². The molecular formula is C17H27N3O2. The monoisotopic (exact) mass is 305 g/mol. The summed E-state index contributed by atoms with van der Waals surface area (Å²) in [6.45, 7) is 9.05. The fourth-order valence-electron chi connectivity index (χ4n) is 1.95. The molecule has 0 spiro atoms. The van der Waals surface area contributed by atoms with Crippen molar-refractivity contribution in [2.24, 2.45) is 5.92 Å². The SMILES string of the molecule is Cc1ccccc1CN(C)[C@H](C)C(=O)NC(=O)NCC(C)C. The predicted octanol–water partition coefficient (Wildman–Crippen LogP) is 2.30. The van der Waals surface area contributed by atoms with Crippen LogP contribution in [0.2, 0.25) is 0 Å². The van der Waals surface area contributed by atoms with Crippen LogP contribution in [0.3, 0.4) is 0 Å². The zero-order valence-corrected chi connectivity index (χ0v) is 14.1. The molecule has 0 aliphatic rings. The highest BCUT2D eigenvalue weighted by Gasteiger charge is 2.20. The van der Waals surface area contributed by atoms with Gasteiger partial charge in [-0.1, -0.05) is 38.1 Å². The van der Waals surface area contributed by atoms with Crippen molar-refractivity contribution in [2.45, 2.75) is 40.3 Å². The lowest BCUT2D eigenvalue weighted by Crippen LogP contribution is -2.48. The molecule has 5 heteroatoms. The lowest BCUT2D eigenvalue weighted by atomic mass is 10.1. The molecule has 0 heterocycles. The normalized spacial score (nSPS) is 12.3. The molecule has 0 aliphatic carbocycles. The molecule has 3 amide bonds. The second-order valence-corrected chi connectivity index (χ2v) is 6.11. The fourth-order valence-corrected chi connectivity index (χ4v) is 1.95. The maximum atomic E-state index is 12.1. The number of carbonyl (C=O) groups is 2. The average molecular weight is 305 g/mol. The number of aryl methyl sites for hydroxylation is 1. The Morgan fingerprint density at radius 2 is 1.82 bits per heavy atom. The zero-order valence-electron chi connectivity index (χ0n) is 14.1. The van der Waals surface area contributed by atoms with Gasteiger partial charge in [0.05, 0.1) is 6.04 Å². The number of imide groups is 1. The van der Waals surface area contributed by atoms with E-state index in [9.17, 15) is 9.59 Å². The summed E-state index contributed by atoms with van der Waals surface area (Å²) in [6.07, 6.45) is 0. The van der Waals surface area contributed by atoms with E-state index in [1.807, 2.05) is 57.0 Å². The van der Waals surface area contributed by atoms with Crippen molar-refractivity contribution in [2.75, 3.05) is 13.6 Å². The molecule has 1 aromatic carbocycles. The van der Waals surface area contributed by atoms with Gasteiger partial charge in [0.1, 0.15) is 0 Å². The van der Waals surface area contributed by atoms with Crippen molar-refractivity contribution in [3.05, 3.63) is 35.4 Å². The van der Waals surface area contributed by atoms with Crippen LogP contribution in [-0.4, -0.2) is 36.5 Å². The van der Waals surface area contributed by atoms with Crippen molar-refractivity contribution in [1.29, 1.82) is 0 Å². The number of rotatable bonds is 6. The van der Waals surface area contributed by atoms with Gasteiger partial charge in [-0.15, -0.1) is 0 Å². The number of hydrogen-bond donors (Lipinski definition) is 2. The predicted molar refractivity (Wildman–Crippen MR) is 88.5 cm³/mol. The smallest absolute Gasteiger partial charge is 0.321 e. The number of hydrogen-bond acceptors (Lipinski definition) is 3. The number of nitrogens with one attached hydrogen (secondary N) is 2. The Hall–Kier alpha value is -1.88. The number of carbonyl (C=O) groups excluding carboxylic acids is 2. The van der Waals surface area contributed by atoms with Crippen LogP contribution in [-0.2, 0) is 11.3 Å². The molecule has 122 valence electrons. The van der Waals surface area contributed by atoms with Crippen molar-refractivity contribution in [1.82, 2.24) is 15.5 Å². The third-order valence-electron chi connectivity index (χ3n) is 3.63. The summed E-state index contributed by atoms with van der Waals surface area (Å²) in [7, 11) is 1.88. The highest BCUT2D eigenvalue weighted by Crippen LogP contribution is 2.11. The first-order valence-corrected chi connectivity index (χ1v) is 7.64. The van der Waals surface area contributed by atoms with Gasteiger partial charge in [0.15, 0.2) is 0 Å². The van der Waals surface area contributed by atoms with E-state index in [2.05, 4.69) is 10.6 Å². The molecule has 1 rings (SSSR count). The fraction of sp³-hybridized carbons (Fsp3) is 0.529. The minimum atomic E-state index is -0.435. The van der Waals surface area contributed by atoms with Crippen LogP contribution in [0.1, 0.15) is 31.9 Å². The molecule has 22 heavy (non-hydrogen) atoms. The van der Waals surface area contributed by atoms with Crippen LogP contribution in [0.15, 0.2) is 24.3 Å². The highest BCUT2D eigenvalue weighted by atomic mass is 16.2. The maximum Gasteiger partial charge on any atom is 0.321 e. The molecule has 0 aromatic heterocycles. The molecule has 0 saturated heterocycles. The van der Waals surface area contributed by atoms with E-state index in [1.54, 1.807) is 6.92 Å². The summed E-state index contributed by atoms with van der Waals surface area (Å²) < 4.78 is 0. The summed E-state index contributed by atoms with van der Waals surface area (Å²) in [5.74, 6) is 0.0549. The van der Waals surface area contributed by atoms with Crippen molar-refractivity contribution in [3.63, 3.8) is 0 Å². The molecule has 0 saturated carbocycles. The van der Waals surface area contributed by atoms with E-state index < -0.39 is 6.03 Å². The van der Waals surface area contributed by atoms with Crippen molar-refractivity contribution in [3.8, 4) is 0 Å². The third-order valence-corrected chi connectivity index (χ3v) is 3.63. The largest absolute Gasteiger partial charge is 0.338 e. The molecule has 0 radical (unpaired) electrons. The van der Waals surface area contributed by atoms with E-state index in [0.29, 0.717) is 19.0 Å². The van der Waals surface area contributed by atoms with E-state index in [0.717, 1.165) is 0 Å². The minimum Gasteiger partial charge on any atom is -0.338 e. The van der Waals surface area contributed by atoms with Gasteiger partial charge < -0.3 is 5.32 Å². The Morgan fingerprint density at radius 1 is 1.18 bits per heavy atom. The third kappa shape index (κ3) is 5.85. The van der Waals surface area contributed by atoms with Crippen LogP contribution in [0.5, 0.6) is 0 Å². The van der Waals surface area contributed by atoms with Crippen LogP contribution in [0, 0.1) is 12.8 Å². The Bertz CT molecular complexity index is 514. The lowest BCUT2D eigenvalue weighted by Gasteiger charge is -2.24. The summed E-state index contributed by atoms with van der Waals surface area (Å²) in [4.78, 5) is 25.7. The van der Waals surface area contributed by atoms with E-state index in [1.165, 1.54) is 11.1 Å². The van der Waals surface area contributed by atoms with Crippen LogP contribution in [0.25, 0.3) is 0 Å². The van der Waals surface area contributed by atoms with E-state index >= 15 is 0 Å². The Balaban J connectivity index is 2.52. The van der Waals surface area contributed by atoms with Gasteiger partial charge in [-0.2, -0.15) is 0 Å². The van der Waals surface area contributed by atoms with Gasteiger partial charge in [-0.05, 0) is 37.9 Å². The summed E-state index contributed by atoms with van der Waals surface area (Å²) in [5.41, 5.74) is 2.37. The minimum absolute atomic E-state index is 0.294. The molecule has 0 fully saturated rings. The topological polar surface area (TPSA) is 61.4 Å². The average Bonchev–Trinajstić information content (AvgIpc) is 2.46. The molecule has 0 aliphatic heterocycles. The number of amides is 3. The summed E-state index contributed by atoms with van der Waals surface area (Å²) in [5, 5.41) is 5.06. The van der Waals surface area contributed by atoms with Gasteiger partial charge in [-0.3, -0.25) is 15.0 Å². The van der Waals surface area contributed by atoms with Crippen molar-refractivity contribution < 1.29 is 9.59 Å². The van der Waals surface area contributed by atoms with Gasteiger partial charge in [-0.25, -0.2) is 4.79 Å². The standard InChI is InChI=1S/C17H27N3O2/c1-12(2)10-18-17(22)19-16(21)14(4)20(5)11-15-9-7-6-8-13(15)3/h6-9,12,14H,10-11H2,1-5H3,(H2,18,19,21,22)/t14-/m1/s1. The highest BCUT2D eigenvalue weighted by molar-refractivity contribution is 5.96. The summed E-state index contributed by atoms with van der Waals surface area (Å²) >= 11 is 0. The molecule has 1 atom stereocenters. The number of benzene rings is 1. The van der Waals surface area contributed by atoms with E-state index in [4.69, 9.17) is 0 Å². The zero-order chi connectivity index (χ0) is 16.7. The van der Waals surface area contributed by atoms with Gasteiger partial charge >= 0.3 is 6.03 Å². The van der Waals surface area contributed by atoms with Gasteiger partial charge in [0.25, 0.3) is 0 Å². The molecular weight excluding hydrogens is 278 g/mol. The maximum absolute atomic E-state index is 12.1. The van der Waals surface area contributed by atoms with Gasteiger partial charge in [0.2, 0.25) is 5.91 Å². The molecule has 2 N–H and O–H groups in total. The van der Waals surface area contributed by atoms with Crippen molar-refractivity contribution >= 4 is 11.9 Å². The van der Waals surface area contributed by atoms with Gasteiger partial charge in [0, 0.05) is 13.1 Å². The van der Waals surface area contributed by atoms with Crippen LogP contribution in [0.4, 0.5) is 4.79 Å². The summed E-state index contributed by atoms with van der Waals surface area (Å²) in [6, 6.07) is 7.26. The molecule has 0 bridgehead atoms. The quantitative estimate of drug-likeness (QED) is 0.848. The number of likely N-dealkylation sites (N-methyl/N-ethyl adjacent to an activating group) is 1. The Morgan fingerprint density at radius 3 is 2.41 bits per heavy atom. The molecule has 0 unspecified atom stereocenters. The lowest BCUT2D eigenvalue weighted by molar-refractivity contribution is -0.124. The second kappa shape index (κ2) is 8.54. The first-order valence-electron chi connectivity index (χ1n) is 7.64. The first-order chi connectivity index (χ1) is 10.3. The Labute approximate surface area is 133 Å². The number of nitrogens with zero attached hydrogens (tertiary/aromatic N) is 1. The van der Waals surface area contributed by atoms with Crippen LogP contribution >= 0.6 is 0 Å². The molecule has 5 nitrogen and oxygen atoms in total. The first kappa shape index (κ1) is 18.2.